The van der Waals surface area contributed by atoms with Crippen molar-refractivity contribution < 1.29 is 17.9 Å². The van der Waals surface area contributed by atoms with Gasteiger partial charge in [0.1, 0.15) is 5.82 Å². The van der Waals surface area contributed by atoms with Gasteiger partial charge in [-0.15, -0.1) is 0 Å². The lowest BCUT2D eigenvalue weighted by atomic mass is 10.2. The standard InChI is InChI=1S/C20H22N4O4S2/c1-15-3-2-4-18(21-15)22-20(29)23-19(25)10-7-16-5-8-17(9-6-16)30(26,27)24-11-13-28-14-12-24/h2-10H,11-14H2,1H3,(H2,21,22,23,25,29)/b10-7+. The van der Waals surface area contributed by atoms with E-state index in [1.54, 1.807) is 24.3 Å². The van der Waals surface area contributed by atoms with Crippen molar-refractivity contribution in [2.45, 2.75) is 11.8 Å². The van der Waals surface area contributed by atoms with E-state index in [9.17, 15) is 13.2 Å². The number of nitrogens with zero attached hydrogens (tertiary/aromatic N) is 2. The van der Waals surface area contributed by atoms with Gasteiger partial charge in [0.05, 0.1) is 18.1 Å². The number of amides is 1. The Kier molecular flexibility index (Phi) is 7.27. The fourth-order valence-corrected chi connectivity index (χ4v) is 4.39. The average Bonchev–Trinajstić information content (AvgIpc) is 2.73. The molecule has 0 unspecified atom stereocenters. The Balaban J connectivity index is 1.56. The molecule has 2 heterocycles. The summed E-state index contributed by atoms with van der Waals surface area (Å²) >= 11 is 5.11. The van der Waals surface area contributed by atoms with E-state index < -0.39 is 15.9 Å². The normalized spacial score (nSPS) is 15.1. The molecular weight excluding hydrogens is 424 g/mol. The van der Waals surface area contributed by atoms with Crippen molar-refractivity contribution in [3.63, 3.8) is 0 Å². The molecule has 1 aromatic carbocycles. The van der Waals surface area contributed by atoms with Crippen LogP contribution in [0, 0.1) is 6.92 Å². The van der Waals surface area contributed by atoms with Crippen LogP contribution in [-0.4, -0.2) is 55.0 Å². The highest BCUT2D eigenvalue weighted by molar-refractivity contribution is 7.89. The van der Waals surface area contributed by atoms with E-state index in [1.807, 2.05) is 19.1 Å². The first-order valence-electron chi connectivity index (χ1n) is 9.26. The van der Waals surface area contributed by atoms with E-state index in [0.29, 0.717) is 37.7 Å². The van der Waals surface area contributed by atoms with Crippen LogP contribution in [0.25, 0.3) is 6.08 Å². The molecule has 0 spiro atoms. The van der Waals surface area contributed by atoms with Crippen molar-refractivity contribution in [2.75, 3.05) is 31.6 Å². The Bertz CT molecular complexity index is 1050. The number of sulfonamides is 1. The molecule has 8 nitrogen and oxygen atoms in total. The largest absolute Gasteiger partial charge is 0.379 e. The second kappa shape index (κ2) is 9.90. The summed E-state index contributed by atoms with van der Waals surface area (Å²) in [5.74, 6) is 0.131. The molecule has 10 heteroatoms. The molecule has 158 valence electrons. The van der Waals surface area contributed by atoms with Crippen molar-refractivity contribution in [1.82, 2.24) is 14.6 Å². The highest BCUT2D eigenvalue weighted by Gasteiger charge is 2.25. The minimum atomic E-state index is -3.54. The third-order valence-corrected chi connectivity index (χ3v) is 6.40. The lowest BCUT2D eigenvalue weighted by Gasteiger charge is -2.26. The van der Waals surface area contributed by atoms with Gasteiger partial charge in [0.25, 0.3) is 0 Å². The van der Waals surface area contributed by atoms with E-state index in [2.05, 4.69) is 15.6 Å². The van der Waals surface area contributed by atoms with Crippen molar-refractivity contribution in [2.24, 2.45) is 0 Å². The first-order chi connectivity index (χ1) is 14.3. The van der Waals surface area contributed by atoms with Gasteiger partial charge in [0, 0.05) is 24.9 Å². The van der Waals surface area contributed by atoms with Gasteiger partial charge in [0.2, 0.25) is 15.9 Å². The number of pyridine rings is 1. The van der Waals surface area contributed by atoms with Gasteiger partial charge in [0.15, 0.2) is 5.11 Å². The fourth-order valence-electron chi connectivity index (χ4n) is 2.77. The van der Waals surface area contributed by atoms with Crippen LogP contribution in [-0.2, 0) is 19.6 Å². The highest BCUT2D eigenvalue weighted by Crippen LogP contribution is 2.18. The number of morpholine rings is 1. The van der Waals surface area contributed by atoms with Crippen LogP contribution in [0.15, 0.2) is 53.4 Å². The molecule has 1 amide bonds. The second-order valence-corrected chi connectivity index (χ2v) is 8.87. The Morgan fingerprint density at radius 2 is 1.87 bits per heavy atom. The molecule has 1 aliphatic rings. The average molecular weight is 447 g/mol. The number of aryl methyl sites for hydroxylation is 1. The third-order valence-electron chi connectivity index (χ3n) is 4.28. The zero-order chi connectivity index (χ0) is 21.6. The first-order valence-corrected chi connectivity index (χ1v) is 11.1. The summed E-state index contributed by atoms with van der Waals surface area (Å²) in [5, 5.41) is 5.51. The SMILES string of the molecule is Cc1cccc(NC(=S)NC(=O)/C=C/c2ccc(S(=O)(=O)N3CCOCC3)cc2)n1. The van der Waals surface area contributed by atoms with Gasteiger partial charge in [-0.3, -0.25) is 10.1 Å². The number of ether oxygens (including phenoxy) is 1. The fraction of sp³-hybridized carbons (Fsp3) is 0.250. The molecule has 1 fully saturated rings. The van der Waals surface area contributed by atoms with Crippen molar-refractivity contribution >= 4 is 45.2 Å². The smallest absolute Gasteiger partial charge is 0.250 e. The number of nitrogens with one attached hydrogen (secondary N) is 2. The lowest BCUT2D eigenvalue weighted by molar-refractivity contribution is -0.115. The number of hydrogen-bond donors (Lipinski definition) is 2. The van der Waals surface area contributed by atoms with Gasteiger partial charge in [-0.2, -0.15) is 4.31 Å². The van der Waals surface area contributed by atoms with Gasteiger partial charge >= 0.3 is 0 Å². The quantitative estimate of drug-likeness (QED) is 0.535. The summed E-state index contributed by atoms with van der Waals surface area (Å²) in [5.41, 5.74) is 1.51. The van der Waals surface area contributed by atoms with Crippen molar-refractivity contribution in [1.29, 1.82) is 0 Å². The maximum absolute atomic E-state index is 12.6. The van der Waals surface area contributed by atoms with Crippen LogP contribution in [0.3, 0.4) is 0 Å². The second-order valence-electron chi connectivity index (χ2n) is 6.53. The van der Waals surface area contributed by atoms with Crippen molar-refractivity contribution in [3.05, 3.63) is 59.8 Å². The minimum absolute atomic E-state index is 0.134. The molecule has 3 rings (SSSR count). The molecule has 0 bridgehead atoms. The Morgan fingerprint density at radius 3 is 2.53 bits per heavy atom. The van der Waals surface area contributed by atoms with Gasteiger partial charge < -0.3 is 10.1 Å². The van der Waals surface area contributed by atoms with Gasteiger partial charge in [-0.1, -0.05) is 18.2 Å². The maximum Gasteiger partial charge on any atom is 0.250 e. The minimum Gasteiger partial charge on any atom is -0.379 e. The van der Waals surface area contributed by atoms with Crippen LogP contribution < -0.4 is 10.6 Å². The van der Waals surface area contributed by atoms with E-state index in [4.69, 9.17) is 17.0 Å². The number of hydrogen-bond acceptors (Lipinski definition) is 6. The molecule has 0 atom stereocenters. The lowest BCUT2D eigenvalue weighted by Crippen LogP contribution is -2.40. The molecular formula is C20H22N4O4S2. The van der Waals surface area contributed by atoms with E-state index >= 15 is 0 Å². The van der Waals surface area contributed by atoms with E-state index in [1.165, 1.54) is 22.5 Å². The summed E-state index contributed by atoms with van der Waals surface area (Å²) < 4.78 is 31.8. The summed E-state index contributed by atoms with van der Waals surface area (Å²) in [6.07, 6.45) is 2.90. The molecule has 0 saturated carbocycles. The Labute approximate surface area is 181 Å². The maximum atomic E-state index is 12.6. The molecule has 0 radical (unpaired) electrons. The predicted octanol–water partition coefficient (Wildman–Crippen LogP) is 1.94. The zero-order valence-corrected chi connectivity index (χ0v) is 18.0. The number of thiocarbonyl (C=S) groups is 1. The predicted molar refractivity (Wildman–Crippen MR) is 118 cm³/mol. The zero-order valence-electron chi connectivity index (χ0n) is 16.4. The summed E-state index contributed by atoms with van der Waals surface area (Å²) in [4.78, 5) is 16.5. The van der Waals surface area contributed by atoms with Gasteiger partial charge in [-0.25, -0.2) is 13.4 Å². The van der Waals surface area contributed by atoms with E-state index in [0.717, 1.165) is 5.69 Å². The monoisotopic (exact) mass is 446 g/mol. The van der Waals surface area contributed by atoms with Crippen molar-refractivity contribution in [3.8, 4) is 0 Å². The summed E-state index contributed by atoms with van der Waals surface area (Å²) in [6, 6.07) is 11.8. The molecule has 30 heavy (non-hydrogen) atoms. The van der Waals surface area contributed by atoms with Gasteiger partial charge in [-0.05, 0) is 55.0 Å². The molecule has 2 N–H and O–H groups in total. The van der Waals surface area contributed by atoms with Crippen LogP contribution in [0.5, 0.6) is 0 Å². The molecule has 1 aromatic heterocycles. The molecule has 1 saturated heterocycles. The highest BCUT2D eigenvalue weighted by atomic mass is 32.2. The van der Waals surface area contributed by atoms with Crippen LogP contribution >= 0.6 is 12.2 Å². The Morgan fingerprint density at radius 1 is 1.17 bits per heavy atom. The topological polar surface area (TPSA) is 101 Å². The number of rotatable bonds is 5. The number of carbonyl (C=O) groups excluding carboxylic acids is 1. The number of benzene rings is 1. The Hall–Kier alpha value is -2.66. The number of anilines is 1. The molecule has 1 aliphatic heterocycles. The summed E-state index contributed by atoms with van der Waals surface area (Å²) in [7, 11) is -3.54. The summed E-state index contributed by atoms with van der Waals surface area (Å²) in [6.45, 7) is 3.33. The van der Waals surface area contributed by atoms with Crippen LogP contribution in [0.4, 0.5) is 5.82 Å². The van der Waals surface area contributed by atoms with Crippen LogP contribution in [0.1, 0.15) is 11.3 Å². The molecule has 0 aliphatic carbocycles. The third kappa shape index (κ3) is 5.92. The molecule has 2 aromatic rings. The number of carbonyl (C=O) groups is 1. The van der Waals surface area contributed by atoms with Crippen LogP contribution in [0.2, 0.25) is 0 Å². The number of aromatic nitrogens is 1. The first kappa shape index (κ1) is 22.0. The van der Waals surface area contributed by atoms with E-state index in [-0.39, 0.29) is 10.0 Å².